The summed E-state index contributed by atoms with van der Waals surface area (Å²) in [5.74, 6) is 0.0900. The van der Waals surface area contributed by atoms with E-state index >= 15 is 0 Å². The maximum Gasteiger partial charge on any atom is 0.408 e. The van der Waals surface area contributed by atoms with Crippen molar-refractivity contribution in [3.05, 3.63) is 114 Å². The number of carbonyl (C=O) groups excluding carboxylic acids is 2. The Morgan fingerprint density at radius 1 is 0.861 bits per heavy atom. The lowest BCUT2D eigenvalue weighted by molar-refractivity contribution is -0.118. The van der Waals surface area contributed by atoms with Gasteiger partial charge in [-0.3, -0.25) is 4.79 Å². The van der Waals surface area contributed by atoms with Gasteiger partial charge in [-0.1, -0.05) is 84.9 Å². The van der Waals surface area contributed by atoms with Gasteiger partial charge >= 0.3 is 6.09 Å². The average Bonchev–Trinajstić information content (AvgIpc) is 3.64. The molecule has 0 radical (unpaired) electrons. The molecule has 0 heterocycles. The Kier molecular flexibility index (Phi) is 6.96. The van der Waals surface area contributed by atoms with Crippen molar-refractivity contribution < 1.29 is 14.3 Å². The molecule has 1 saturated carbocycles. The Labute approximate surface area is 210 Å². The number of amides is 2. The molecule has 5 rings (SSSR count). The monoisotopic (exact) mass is 479 g/mol. The first-order chi connectivity index (χ1) is 17.5. The van der Waals surface area contributed by atoms with E-state index < -0.39 is 12.1 Å². The minimum absolute atomic E-state index is 0.127. The zero-order valence-electron chi connectivity index (χ0n) is 19.9. The van der Waals surface area contributed by atoms with Crippen LogP contribution < -0.4 is 16.4 Å². The molecule has 0 aromatic heterocycles. The number of hydrogen-bond donors (Lipinski definition) is 3. The topological polar surface area (TPSA) is 93.5 Å². The molecule has 182 valence electrons. The summed E-state index contributed by atoms with van der Waals surface area (Å²) in [6, 6.07) is 30.7. The van der Waals surface area contributed by atoms with Gasteiger partial charge in [0.2, 0.25) is 5.91 Å². The van der Waals surface area contributed by atoms with Crippen LogP contribution in [0.5, 0.6) is 0 Å². The van der Waals surface area contributed by atoms with Crippen molar-refractivity contribution in [2.45, 2.75) is 37.5 Å². The van der Waals surface area contributed by atoms with Crippen LogP contribution in [0, 0.1) is 0 Å². The number of anilines is 1. The Morgan fingerprint density at radius 3 is 2.28 bits per heavy atom. The van der Waals surface area contributed by atoms with Crippen molar-refractivity contribution in [2.24, 2.45) is 5.73 Å². The molecular weight excluding hydrogens is 450 g/mol. The van der Waals surface area contributed by atoms with Gasteiger partial charge < -0.3 is 21.1 Å². The predicted octanol–water partition coefficient (Wildman–Crippen LogP) is 5.13. The lowest BCUT2D eigenvalue weighted by Crippen LogP contribution is -2.45. The molecule has 4 aromatic carbocycles. The summed E-state index contributed by atoms with van der Waals surface area (Å²) in [7, 11) is 0. The summed E-state index contributed by atoms with van der Waals surface area (Å²) in [5.41, 5.74) is 9.61. The van der Waals surface area contributed by atoms with E-state index in [2.05, 4.69) is 10.6 Å². The van der Waals surface area contributed by atoms with Crippen molar-refractivity contribution in [3.8, 4) is 0 Å². The summed E-state index contributed by atoms with van der Waals surface area (Å²) in [6.07, 6.45) is 0.679. The number of benzene rings is 4. The number of rotatable bonds is 8. The molecule has 3 atom stereocenters. The predicted molar refractivity (Wildman–Crippen MR) is 142 cm³/mol. The number of fused-ring (bicyclic) bond motifs is 1. The molecule has 1 aliphatic carbocycles. The third-order valence-corrected chi connectivity index (χ3v) is 6.52. The highest BCUT2D eigenvalue weighted by atomic mass is 16.5. The minimum Gasteiger partial charge on any atom is -0.445 e. The van der Waals surface area contributed by atoms with Crippen LogP contribution in [0.3, 0.4) is 0 Å². The molecule has 0 spiro atoms. The highest BCUT2D eigenvalue weighted by Crippen LogP contribution is 2.39. The summed E-state index contributed by atoms with van der Waals surface area (Å²) in [4.78, 5) is 25.9. The van der Waals surface area contributed by atoms with Gasteiger partial charge in [0.05, 0.1) is 0 Å². The second-order valence-corrected chi connectivity index (χ2v) is 9.26. The normalized spacial score (nSPS) is 17.2. The maximum atomic E-state index is 13.3. The largest absolute Gasteiger partial charge is 0.445 e. The van der Waals surface area contributed by atoms with Gasteiger partial charge in [0.15, 0.2) is 0 Å². The summed E-state index contributed by atoms with van der Waals surface area (Å²) in [5, 5.41) is 7.89. The van der Waals surface area contributed by atoms with Crippen LogP contribution in [0.15, 0.2) is 97.1 Å². The lowest BCUT2D eigenvalue weighted by atomic mass is 10.0. The van der Waals surface area contributed by atoms with Crippen LogP contribution in [-0.2, 0) is 22.6 Å². The minimum atomic E-state index is -0.814. The summed E-state index contributed by atoms with van der Waals surface area (Å²) in [6.45, 7) is 0.127. The second kappa shape index (κ2) is 10.6. The molecule has 6 nitrogen and oxygen atoms in total. The van der Waals surface area contributed by atoms with Gasteiger partial charge in [-0.25, -0.2) is 4.79 Å². The molecule has 6 heteroatoms. The standard InChI is InChI=1S/C30H29N3O3/c31-27-18-26(27)23-12-14-25(15-13-23)32-29(34)28(33-30(35)36-19-20-6-2-1-3-7-20)17-21-10-11-22-8-4-5-9-24(22)16-21/h1-16,26-28H,17-19,31H2,(H,32,34)(H,33,35)/t26-,27+,28?/m0/s1. The van der Waals surface area contributed by atoms with Crippen LogP contribution in [0.4, 0.5) is 10.5 Å². The van der Waals surface area contributed by atoms with E-state index in [9.17, 15) is 9.59 Å². The van der Waals surface area contributed by atoms with E-state index in [0.29, 0.717) is 18.0 Å². The quantitative estimate of drug-likeness (QED) is 0.327. The van der Waals surface area contributed by atoms with Gasteiger partial charge in [0, 0.05) is 24.1 Å². The SMILES string of the molecule is N[C@@H]1C[C@H]1c1ccc(NC(=O)C(Cc2ccc3ccccc3c2)NC(=O)OCc2ccccc2)cc1. The highest BCUT2D eigenvalue weighted by molar-refractivity contribution is 5.97. The first kappa shape index (κ1) is 23.6. The maximum absolute atomic E-state index is 13.3. The number of nitrogens with two attached hydrogens (primary N) is 1. The zero-order valence-corrected chi connectivity index (χ0v) is 19.9. The van der Waals surface area contributed by atoms with E-state index in [-0.39, 0.29) is 18.6 Å². The van der Waals surface area contributed by atoms with Crippen LogP contribution in [-0.4, -0.2) is 24.1 Å². The first-order valence-electron chi connectivity index (χ1n) is 12.2. The molecule has 1 aliphatic rings. The number of nitrogens with one attached hydrogen (secondary N) is 2. The number of carbonyl (C=O) groups is 2. The molecule has 4 N–H and O–H groups in total. The van der Waals surface area contributed by atoms with Gasteiger partial charge in [0.1, 0.15) is 12.6 Å². The third-order valence-electron chi connectivity index (χ3n) is 6.52. The van der Waals surface area contributed by atoms with Crippen molar-refractivity contribution in [2.75, 3.05) is 5.32 Å². The molecule has 0 saturated heterocycles. The van der Waals surface area contributed by atoms with Crippen LogP contribution in [0.2, 0.25) is 0 Å². The van der Waals surface area contributed by atoms with Gasteiger partial charge in [-0.05, 0) is 46.0 Å². The summed E-state index contributed by atoms with van der Waals surface area (Å²) < 4.78 is 5.38. The van der Waals surface area contributed by atoms with Gasteiger partial charge in [0.25, 0.3) is 0 Å². The molecule has 0 aliphatic heterocycles. The zero-order chi connectivity index (χ0) is 24.9. The van der Waals surface area contributed by atoms with Crippen LogP contribution in [0.25, 0.3) is 10.8 Å². The first-order valence-corrected chi connectivity index (χ1v) is 12.2. The molecule has 4 aromatic rings. The van der Waals surface area contributed by atoms with Gasteiger partial charge in [-0.15, -0.1) is 0 Å². The fourth-order valence-corrected chi connectivity index (χ4v) is 4.36. The Balaban J connectivity index is 1.29. The number of alkyl carbamates (subject to hydrolysis) is 1. The van der Waals surface area contributed by atoms with Gasteiger partial charge in [-0.2, -0.15) is 0 Å². The van der Waals surface area contributed by atoms with Crippen molar-refractivity contribution >= 4 is 28.5 Å². The molecule has 1 fully saturated rings. The number of hydrogen-bond acceptors (Lipinski definition) is 4. The fourth-order valence-electron chi connectivity index (χ4n) is 4.36. The van der Waals surface area contributed by atoms with Crippen molar-refractivity contribution in [1.29, 1.82) is 0 Å². The third kappa shape index (κ3) is 5.90. The van der Waals surface area contributed by atoms with Crippen LogP contribution >= 0.6 is 0 Å². The molecule has 2 amide bonds. The smallest absolute Gasteiger partial charge is 0.408 e. The molecule has 0 bridgehead atoms. The van der Waals surface area contributed by atoms with E-state index in [4.69, 9.17) is 10.5 Å². The highest BCUT2D eigenvalue weighted by Gasteiger charge is 2.34. The fraction of sp³-hybridized carbons (Fsp3) is 0.200. The summed E-state index contributed by atoms with van der Waals surface area (Å²) >= 11 is 0. The van der Waals surface area contributed by atoms with E-state index in [0.717, 1.165) is 28.3 Å². The van der Waals surface area contributed by atoms with E-state index in [1.807, 2.05) is 97.1 Å². The van der Waals surface area contributed by atoms with Crippen molar-refractivity contribution in [3.63, 3.8) is 0 Å². The number of ether oxygens (including phenoxy) is 1. The van der Waals surface area contributed by atoms with E-state index in [1.165, 1.54) is 5.56 Å². The van der Waals surface area contributed by atoms with Crippen molar-refractivity contribution in [1.82, 2.24) is 5.32 Å². The second-order valence-electron chi connectivity index (χ2n) is 9.26. The average molecular weight is 480 g/mol. The molecule has 36 heavy (non-hydrogen) atoms. The Hall–Kier alpha value is -4.16. The molecule has 1 unspecified atom stereocenters. The van der Waals surface area contributed by atoms with Crippen LogP contribution in [0.1, 0.15) is 29.0 Å². The molecular formula is C30H29N3O3. The van der Waals surface area contributed by atoms with E-state index in [1.54, 1.807) is 0 Å². The lowest BCUT2D eigenvalue weighted by Gasteiger charge is -2.19. The Bertz CT molecular complexity index is 1360. The Morgan fingerprint density at radius 2 is 1.56 bits per heavy atom.